The lowest BCUT2D eigenvalue weighted by atomic mass is 9.87. The SMILES string of the molecule is CCn1c(SCC(=O)N/N=C/c2ccccc2[N+](=O)[O-])nnc1-c1ccc(C(C)(C)C)cc1. The van der Waals surface area contributed by atoms with Crippen LogP contribution >= 0.6 is 11.8 Å². The zero-order valence-electron chi connectivity index (χ0n) is 19.0. The number of amides is 1. The van der Waals surface area contributed by atoms with Gasteiger partial charge in [0.05, 0.1) is 22.5 Å². The Labute approximate surface area is 196 Å². The first kappa shape index (κ1) is 24.1. The smallest absolute Gasteiger partial charge is 0.278 e. The molecule has 3 aromatic rings. The molecule has 1 N–H and O–H groups in total. The fourth-order valence-corrected chi connectivity index (χ4v) is 3.91. The molecule has 1 heterocycles. The van der Waals surface area contributed by atoms with Crippen LogP contribution in [0, 0.1) is 10.1 Å². The van der Waals surface area contributed by atoms with Gasteiger partial charge in [-0.15, -0.1) is 10.2 Å². The minimum atomic E-state index is -0.495. The molecule has 0 aliphatic rings. The molecule has 9 nitrogen and oxygen atoms in total. The van der Waals surface area contributed by atoms with Crippen molar-refractivity contribution in [2.75, 3.05) is 5.75 Å². The van der Waals surface area contributed by atoms with Crippen LogP contribution in [0.4, 0.5) is 5.69 Å². The molecule has 0 fully saturated rings. The van der Waals surface area contributed by atoms with Gasteiger partial charge >= 0.3 is 0 Å². The van der Waals surface area contributed by atoms with Gasteiger partial charge < -0.3 is 4.57 Å². The van der Waals surface area contributed by atoms with Crippen molar-refractivity contribution in [1.29, 1.82) is 0 Å². The molecule has 3 rings (SSSR count). The fraction of sp³-hybridized carbons (Fsp3) is 0.304. The Kier molecular flexibility index (Phi) is 7.59. The second kappa shape index (κ2) is 10.4. The molecule has 0 spiro atoms. The third kappa shape index (κ3) is 6.04. The second-order valence-corrected chi connectivity index (χ2v) is 9.22. The normalized spacial score (nSPS) is 11.6. The van der Waals surface area contributed by atoms with Gasteiger partial charge in [0.2, 0.25) is 0 Å². The standard InChI is InChI=1S/C23H26N6O3S/c1-5-28-21(16-10-12-18(13-11-16)23(2,3)4)26-27-22(28)33-15-20(30)25-24-14-17-8-6-7-9-19(17)29(31)32/h6-14H,5,15H2,1-4H3,(H,25,30)/b24-14+. The van der Waals surface area contributed by atoms with Crippen LogP contribution in [0.2, 0.25) is 0 Å². The van der Waals surface area contributed by atoms with Crippen molar-refractivity contribution >= 4 is 29.6 Å². The van der Waals surface area contributed by atoms with Gasteiger partial charge in [-0.1, -0.05) is 68.9 Å². The maximum atomic E-state index is 12.2. The van der Waals surface area contributed by atoms with Crippen LogP contribution in [0.1, 0.15) is 38.8 Å². The summed E-state index contributed by atoms with van der Waals surface area (Å²) in [7, 11) is 0. The minimum Gasteiger partial charge on any atom is -0.302 e. The Morgan fingerprint density at radius 3 is 2.52 bits per heavy atom. The van der Waals surface area contributed by atoms with Crippen molar-refractivity contribution in [3.8, 4) is 11.4 Å². The van der Waals surface area contributed by atoms with E-state index in [0.717, 1.165) is 11.4 Å². The maximum Gasteiger partial charge on any atom is 0.278 e. The van der Waals surface area contributed by atoms with Gasteiger partial charge in [-0.2, -0.15) is 5.10 Å². The van der Waals surface area contributed by atoms with Crippen molar-refractivity contribution in [1.82, 2.24) is 20.2 Å². The van der Waals surface area contributed by atoms with Crippen LogP contribution in [-0.4, -0.2) is 37.6 Å². The Morgan fingerprint density at radius 2 is 1.88 bits per heavy atom. The van der Waals surface area contributed by atoms with Gasteiger partial charge in [-0.3, -0.25) is 14.9 Å². The van der Waals surface area contributed by atoms with Crippen molar-refractivity contribution in [3.63, 3.8) is 0 Å². The number of hydrazone groups is 1. The quantitative estimate of drug-likeness (QED) is 0.227. The van der Waals surface area contributed by atoms with E-state index in [0.29, 0.717) is 17.3 Å². The third-order valence-corrected chi connectivity index (χ3v) is 5.87. The van der Waals surface area contributed by atoms with Gasteiger partial charge in [0, 0.05) is 18.2 Å². The monoisotopic (exact) mass is 466 g/mol. The maximum absolute atomic E-state index is 12.2. The summed E-state index contributed by atoms with van der Waals surface area (Å²) >= 11 is 1.25. The summed E-state index contributed by atoms with van der Waals surface area (Å²) in [6.45, 7) is 9.16. The molecule has 0 saturated heterocycles. The Hall–Kier alpha value is -3.53. The minimum absolute atomic E-state index is 0.0687. The lowest BCUT2D eigenvalue weighted by Gasteiger charge is -2.19. The van der Waals surface area contributed by atoms with Crippen LogP contribution in [0.5, 0.6) is 0 Å². The number of nitro benzene ring substituents is 1. The topological polar surface area (TPSA) is 115 Å². The summed E-state index contributed by atoms with van der Waals surface area (Å²) in [6, 6.07) is 14.4. The molecule has 1 aromatic heterocycles. The molecule has 0 bridgehead atoms. The van der Waals surface area contributed by atoms with Crippen molar-refractivity contribution in [2.24, 2.45) is 5.10 Å². The number of nitrogens with one attached hydrogen (secondary N) is 1. The summed E-state index contributed by atoms with van der Waals surface area (Å²) in [5.74, 6) is 0.474. The summed E-state index contributed by atoms with van der Waals surface area (Å²) < 4.78 is 1.96. The molecule has 10 heteroatoms. The van der Waals surface area contributed by atoms with E-state index in [4.69, 9.17) is 0 Å². The van der Waals surface area contributed by atoms with Crippen molar-refractivity contribution < 1.29 is 9.72 Å². The average Bonchev–Trinajstić information content (AvgIpc) is 3.20. The number of nitro groups is 1. The second-order valence-electron chi connectivity index (χ2n) is 8.28. The number of carbonyl (C=O) groups is 1. The summed E-state index contributed by atoms with van der Waals surface area (Å²) in [5.41, 5.74) is 4.89. The van der Waals surface area contributed by atoms with E-state index in [-0.39, 0.29) is 22.8 Å². The molecule has 2 aromatic carbocycles. The number of aromatic nitrogens is 3. The van der Waals surface area contributed by atoms with Crippen LogP contribution in [0.25, 0.3) is 11.4 Å². The number of hydrogen-bond acceptors (Lipinski definition) is 7. The highest BCUT2D eigenvalue weighted by Crippen LogP contribution is 2.27. The van der Waals surface area contributed by atoms with Crippen LogP contribution in [0.3, 0.4) is 0 Å². The molecule has 1 amide bonds. The molecule has 0 aliphatic heterocycles. The van der Waals surface area contributed by atoms with E-state index in [1.807, 2.05) is 23.6 Å². The van der Waals surface area contributed by atoms with Crippen LogP contribution < -0.4 is 5.43 Å². The predicted molar refractivity (Wildman–Crippen MR) is 129 cm³/mol. The predicted octanol–water partition coefficient (Wildman–Crippen LogP) is 4.41. The van der Waals surface area contributed by atoms with Gasteiger partial charge in [0.1, 0.15) is 0 Å². The first-order valence-electron chi connectivity index (χ1n) is 10.4. The lowest BCUT2D eigenvalue weighted by molar-refractivity contribution is -0.385. The largest absolute Gasteiger partial charge is 0.302 e. The molecule has 0 radical (unpaired) electrons. The molecule has 0 unspecified atom stereocenters. The van der Waals surface area contributed by atoms with Crippen molar-refractivity contribution in [2.45, 2.75) is 44.8 Å². The van der Waals surface area contributed by atoms with E-state index in [1.165, 1.54) is 29.6 Å². The summed E-state index contributed by atoms with van der Waals surface area (Å²) in [5, 5.41) is 24.1. The number of para-hydroxylation sites is 1. The molecular weight excluding hydrogens is 440 g/mol. The van der Waals surface area contributed by atoms with Crippen LogP contribution in [0.15, 0.2) is 58.8 Å². The molecule has 0 atom stereocenters. The Balaban J connectivity index is 1.63. The van der Waals surface area contributed by atoms with Gasteiger partial charge in [-0.25, -0.2) is 5.43 Å². The molecule has 0 saturated carbocycles. The molecule has 0 aliphatic carbocycles. The van der Waals surface area contributed by atoms with Crippen LogP contribution in [-0.2, 0) is 16.8 Å². The van der Waals surface area contributed by atoms with E-state index in [2.05, 4.69) is 53.6 Å². The Bertz CT molecular complexity index is 1170. The molecule has 33 heavy (non-hydrogen) atoms. The zero-order chi connectivity index (χ0) is 24.0. The average molecular weight is 467 g/mol. The van der Waals surface area contributed by atoms with Gasteiger partial charge in [0.25, 0.3) is 11.6 Å². The first-order valence-corrected chi connectivity index (χ1v) is 11.4. The number of carbonyl (C=O) groups excluding carboxylic acids is 1. The van der Waals surface area contributed by atoms with E-state index < -0.39 is 4.92 Å². The fourth-order valence-electron chi connectivity index (χ4n) is 3.11. The molecule has 172 valence electrons. The number of hydrogen-bond donors (Lipinski definition) is 1. The highest BCUT2D eigenvalue weighted by Gasteiger charge is 2.17. The summed E-state index contributed by atoms with van der Waals surface area (Å²) in [6.07, 6.45) is 1.26. The number of benzene rings is 2. The number of thioether (sulfide) groups is 1. The zero-order valence-corrected chi connectivity index (χ0v) is 19.8. The summed E-state index contributed by atoms with van der Waals surface area (Å²) in [4.78, 5) is 22.7. The van der Waals surface area contributed by atoms with E-state index in [9.17, 15) is 14.9 Å². The third-order valence-electron chi connectivity index (χ3n) is 4.90. The highest BCUT2D eigenvalue weighted by molar-refractivity contribution is 7.99. The highest BCUT2D eigenvalue weighted by atomic mass is 32.2. The van der Waals surface area contributed by atoms with Crippen molar-refractivity contribution in [3.05, 3.63) is 69.8 Å². The van der Waals surface area contributed by atoms with Gasteiger partial charge in [-0.05, 0) is 24.0 Å². The van der Waals surface area contributed by atoms with Gasteiger partial charge in [0.15, 0.2) is 11.0 Å². The molecular formula is C23H26N6O3S. The lowest BCUT2D eigenvalue weighted by Crippen LogP contribution is -2.20. The van der Waals surface area contributed by atoms with E-state index >= 15 is 0 Å². The van der Waals surface area contributed by atoms with E-state index in [1.54, 1.807) is 18.2 Å². The number of nitrogens with zero attached hydrogens (tertiary/aromatic N) is 5. The first-order chi connectivity index (χ1) is 15.7. The Morgan fingerprint density at radius 1 is 1.18 bits per heavy atom. The number of rotatable bonds is 8.